The van der Waals surface area contributed by atoms with Gasteiger partial charge in [0.2, 0.25) is 11.8 Å². The van der Waals surface area contributed by atoms with Crippen molar-refractivity contribution in [3.8, 4) is 22.9 Å². The number of carbonyl (C=O) groups is 1. The van der Waals surface area contributed by atoms with Crippen LogP contribution in [0.5, 0.6) is 11.6 Å². The van der Waals surface area contributed by atoms with Gasteiger partial charge in [-0.3, -0.25) is 0 Å². The summed E-state index contributed by atoms with van der Waals surface area (Å²) in [6, 6.07) is 16.2. The van der Waals surface area contributed by atoms with Gasteiger partial charge >= 0.3 is 6.09 Å². The maximum absolute atomic E-state index is 12.7. The van der Waals surface area contributed by atoms with Crippen molar-refractivity contribution in [2.75, 3.05) is 18.4 Å². The highest BCUT2D eigenvalue weighted by Gasteiger charge is 2.30. The highest BCUT2D eigenvalue weighted by atomic mass is 16.6. The van der Waals surface area contributed by atoms with Crippen LogP contribution in [0.15, 0.2) is 60.9 Å². The first-order valence-corrected chi connectivity index (χ1v) is 16.0. The molecule has 1 aliphatic carbocycles. The van der Waals surface area contributed by atoms with Gasteiger partial charge in [0.15, 0.2) is 0 Å². The number of aliphatic hydroxyl groups is 1. The zero-order valence-electron chi connectivity index (χ0n) is 26.6. The normalized spacial score (nSPS) is 17.6. The van der Waals surface area contributed by atoms with E-state index < -0.39 is 5.60 Å². The number of benzene rings is 2. The van der Waals surface area contributed by atoms with Crippen LogP contribution in [0.25, 0.3) is 22.0 Å². The lowest BCUT2D eigenvalue weighted by molar-refractivity contribution is 0.0206. The number of anilines is 1. The second kappa shape index (κ2) is 13.0. The predicted molar refractivity (Wildman–Crippen MR) is 176 cm³/mol. The van der Waals surface area contributed by atoms with E-state index in [-0.39, 0.29) is 18.2 Å². The molecule has 1 aliphatic heterocycles. The Morgan fingerprint density at radius 2 is 1.89 bits per heavy atom. The Labute approximate surface area is 265 Å². The number of pyridine rings is 1. The molecule has 1 saturated carbocycles. The van der Waals surface area contributed by atoms with Crippen molar-refractivity contribution in [1.29, 1.82) is 0 Å². The standard InChI is InChI=1S/C36H43N5O4/c1-23-12-16-27-24(15-17-31(42)25-13-14-25)8-5-10-28(27)32(23)44-33-29(11-6-19-37-33)30-18-20-38-34(40-30)39-26-9-7-21-41(22-26)35(43)45-36(2,3)4/h5-6,8,10-12,16,18-20,25-26,31,42H,7,9,13-15,17,21-22H2,1-4H3,(H,38,39,40)/t26-,31+/m0/s1. The third-order valence-electron chi connectivity index (χ3n) is 8.48. The number of ether oxygens (including phenoxy) is 2. The molecule has 1 amide bonds. The molecule has 1 saturated heterocycles. The van der Waals surface area contributed by atoms with Crippen molar-refractivity contribution in [2.45, 2.75) is 84.0 Å². The Balaban J connectivity index is 1.21. The minimum atomic E-state index is -0.537. The van der Waals surface area contributed by atoms with Crippen LogP contribution < -0.4 is 10.1 Å². The van der Waals surface area contributed by atoms with Gasteiger partial charge in [-0.2, -0.15) is 0 Å². The SMILES string of the molecule is Cc1ccc2c(CC[C@@H](O)C3CC3)cccc2c1Oc1ncccc1-c1ccnc(N[C@H]2CCCN(C(=O)OC(C)(C)C)C2)n1. The molecule has 2 fully saturated rings. The average molecular weight is 610 g/mol. The van der Waals surface area contributed by atoms with E-state index in [0.29, 0.717) is 36.5 Å². The molecule has 2 atom stereocenters. The highest BCUT2D eigenvalue weighted by Crippen LogP contribution is 2.39. The van der Waals surface area contributed by atoms with Gasteiger partial charge in [0.1, 0.15) is 11.4 Å². The van der Waals surface area contributed by atoms with E-state index in [1.54, 1.807) is 17.3 Å². The summed E-state index contributed by atoms with van der Waals surface area (Å²) in [6.45, 7) is 8.86. The molecule has 2 N–H and O–H groups in total. The van der Waals surface area contributed by atoms with E-state index in [1.807, 2.05) is 45.9 Å². The summed E-state index contributed by atoms with van der Waals surface area (Å²) in [7, 11) is 0. The molecule has 0 unspecified atom stereocenters. The van der Waals surface area contributed by atoms with Gasteiger partial charge in [0.05, 0.1) is 17.4 Å². The quantitative estimate of drug-likeness (QED) is 0.203. The maximum atomic E-state index is 12.7. The number of carbonyl (C=O) groups excluding carboxylic acids is 1. The fourth-order valence-electron chi connectivity index (χ4n) is 5.99. The van der Waals surface area contributed by atoms with Gasteiger partial charge in [-0.15, -0.1) is 0 Å². The smallest absolute Gasteiger partial charge is 0.410 e. The van der Waals surface area contributed by atoms with Crippen LogP contribution in [-0.2, 0) is 11.2 Å². The number of aryl methyl sites for hydroxylation is 2. The molecular formula is C36H43N5O4. The lowest BCUT2D eigenvalue weighted by atomic mass is 9.96. The number of hydrogen-bond donors (Lipinski definition) is 2. The lowest BCUT2D eigenvalue weighted by Crippen LogP contribution is -2.47. The summed E-state index contributed by atoms with van der Waals surface area (Å²) < 4.78 is 12.2. The predicted octanol–water partition coefficient (Wildman–Crippen LogP) is 7.31. The first kappa shape index (κ1) is 30.8. The van der Waals surface area contributed by atoms with E-state index in [0.717, 1.165) is 66.2 Å². The number of nitrogens with one attached hydrogen (secondary N) is 1. The van der Waals surface area contributed by atoms with Crippen molar-refractivity contribution in [1.82, 2.24) is 19.9 Å². The van der Waals surface area contributed by atoms with Crippen LogP contribution in [-0.4, -0.2) is 61.9 Å². The van der Waals surface area contributed by atoms with Crippen LogP contribution >= 0.6 is 0 Å². The second-order valence-corrected chi connectivity index (χ2v) is 13.3. The minimum absolute atomic E-state index is 0.00375. The molecule has 4 aromatic rings. The molecule has 3 heterocycles. The van der Waals surface area contributed by atoms with Crippen LogP contribution in [0.1, 0.15) is 64.0 Å². The number of hydrogen-bond acceptors (Lipinski definition) is 8. The van der Waals surface area contributed by atoms with Crippen LogP contribution in [0.2, 0.25) is 0 Å². The third-order valence-corrected chi connectivity index (χ3v) is 8.48. The molecule has 2 aliphatic rings. The Hall–Kier alpha value is -4.24. The molecule has 9 heteroatoms. The van der Waals surface area contributed by atoms with Crippen LogP contribution in [0.4, 0.5) is 10.7 Å². The fourth-order valence-corrected chi connectivity index (χ4v) is 5.99. The molecule has 45 heavy (non-hydrogen) atoms. The highest BCUT2D eigenvalue weighted by molar-refractivity contribution is 5.92. The van der Waals surface area contributed by atoms with Crippen molar-refractivity contribution in [3.05, 3.63) is 72.1 Å². The number of rotatable bonds is 9. The zero-order valence-corrected chi connectivity index (χ0v) is 26.6. The molecule has 2 aromatic carbocycles. The number of piperidine rings is 1. The number of fused-ring (bicyclic) bond motifs is 1. The number of likely N-dealkylation sites (tertiary alicyclic amines) is 1. The summed E-state index contributed by atoms with van der Waals surface area (Å²) >= 11 is 0. The first-order chi connectivity index (χ1) is 21.6. The molecule has 0 radical (unpaired) electrons. The molecule has 0 spiro atoms. The molecule has 6 rings (SSSR count). The van der Waals surface area contributed by atoms with E-state index in [4.69, 9.17) is 14.5 Å². The summed E-state index contributed by atoms with van der Waals surface area (Å²) in [4.78, 5) is 28.3. The van der Waals surface area contributed by atoms with Gasteiger partial charge in [-0.05, 0) is 107 Å². The lowest BCUT2D eigenvalue weighted by Gasteiger charge is -2.34. The molecular weight excluding hydrogens is 566 g/mol. The Bertz CT molecular complexity index is 1670. The van der Waals surface area contributed by atoms with E-state index >= 15 is 0 Å². The van der Waals surface area contributed by atoms with E-state index in [2.05, 4.69) is 45.6 Å². The monoisotopic (exact) mass is 609 g/mol. The molecule has 9 nitrogen and oxygen atoms in total. The van der Waals surface area contributed by atoms with Crippen molar-refractivity contribution >= 4 is 22.8 Å². The Morgan fingerprint density at radius 3 is 2.69 bits per heavy atom. The molecule has 2 aromatic heterocycles. The van der Waals surface area contributed by atoms with Gasteiger partial charge in [-0.1, -0.05) is 30.3 Å². The summed E-state index contributed by atoms with van der Waals surface area (Å²) in [6.07, 6.45) is 8.54. The minimum Gasteiger partial charge on any atom is -0.444 e. The number of nitrogens with zero attached hydrogens (tertiary/aromatic N) is 4. The molecule has 0 bridgehead atoms. The second-order valence-electron chi connectivity index (χ2n) is 13.3. The zero-order chi connectivity index (χ0) is 31.6. The summed E-state index contributed by atoms with van der Waals surface area (Å²) in [5.74, 6) is 2.17. The largest absolute Gasteiger partial charge is 0.444 e. The topological polar surface area (TPSA) is 110 Å². The average Bonchev–Trinajstić information content (AvgIpc) is 3.87. The van der Waals surface area contributed by atoms with Crippen LogP contribution in [0.3, 0.4) is 0 Å². The van der Waals surface area contributed by atoms with Gasteiger partial charge in [0, 0.05) is 36.9 Å². The van der Waals surface area contributed by atoms with Gasteiger partial charge in [0.25, 0.3) is 0 Å². The van der Waals surface area contributed by atoms with Gasteiger partial charge < -0.3 is 24.8 Å². The van der Waals surface area contributed by atoms with Crippen molar-refractivity contribution < 1.29 is 19.4 Å². The number of amides is 1. The van der Waals surface area contributed by atoms with Gasteiger partial charge in [-0.25, -0.2) is 19.7 Å². The van der Waals surface area contributed by atoms with E-state index in [9.17, 15) is 9.90 Å². The van der Waals surface area contributed by atoms with E-state index in [1.165, 1.54) is 5.56 Å². The first-order valence-electron chi connectivity index (χ1n) is 16.0. The Kier molecular flexibility index (Phi) is 8.90. The third kappa shape index (κ3) is 7.53. The van der Waals surface area contributed by atoms with Crippen molar-refractivity contribution in [3.63, 3.8) is 0 Å². The maximum Gasteiger partial charge on any atom is 0.410 e. The fraction of sp³-hybridized carbons (Fsp3) is 0.444. The summed E-state index contributed by atoms with van der Waals surface area (Å²) in [5, 5.41) is 16.0. The van der Waals surface area contributed by atoms with Crippen LogP contribution in [0, 0.1) is 12.8 Å². The molecule has 236 valence electrons. The Morgan fingerprint density at radius 1 is 1.04 bits per heavy atom. The number of aromatic nitrogens is 3. The number of aliphatic hydroxyl groups excluding tert-OH is 1. The summed E-state index contributed by atoms with van der Waals surface area (Å²) in [5.41, 5.74) is 3.11. The van der Waals surface area contributed by atoms with Crippen molar-refractivity contribution in [2.24, 2.45) is 5.92 Å².